The van der Waals surface area contributed by atoms with E-state index in [2.05, 4.69) is 36.4 Å². The first-order valence-corrected chi connectivity index (χ1v) is 10.3. The van der Waals surface area contributed by atoms with Crippen molar-refractivity contribution in [1.82, 2.24) is 9.88 Å². The summed E-state index contributed by atoms with van der Waals surface area (Å²) in [4.78, 5) is 30.8. The standard InChI is InChI=1S/C18H21BrN4O2S/c19-14-3-5-15(6-4-14)21-16(24)7-10-23-9-1-2-13(12-23)17(25)22-18-20-8-11-26-18/h3-6,8,11,13H,1-2,7,9-10,12H2,(H,21,24)(H,20,22,25). The second kappa shape index (κ2) is 9.25. The maximum Gasteiger partial charge on any atom is 0.230 e. The van der Waals surface area contributed by atoms with Crippen LogP contribution in [0, 0.1) is 5.92 Å². The summed E-state index contributed by atoms with van der Waals surface area (Å²) < 4.78 is 0.978. The number of rotatable bonds is 6. The summed E-state index contributed by atoms with van der Waals surface area (Å²) in [5.74, 6) is -0.0483. The van der Waals surface area contributed by atoms with Crippen molar-refractivity contribution < 1.29 is 9.59 Å². The van der Waals surface area contributed by atoms with Crippen molar-refractivity contribution in [2.45, 2.75) is 19.3 Å². The maximum atomic E-state index is 12.4. The van der Waals surface area contributed by atoms with Crippen LogP contribution < -0.4 is 10.6 Å². The van der Waals surface area contributed by atoms with Crippen LogP contribution in [0.2, 0.25) is 0 Å². The van der Waals surface area contributed by atoms with E-state index in [0.29, 0.717) is 24.6 Å². The highest BCUT2D eigenvalue weighted by molar-refractivity contribution is 9.10. The number of hydrogen-bond donors (Lipinski definition) is 2. The lowest BCUT2D eigenvalue weighted by Crippen LogP contribution is -2.41. The fourth-order valence-electron chi connectivity index (χ4n) is 2.98. The van der Waals surface area contributed by atoms with Crippen molar-refractivity contribution in [3.05, 3.63) is 40.3 Å². The van der Waals surface area contributed by atoms with Gasteiger partial charge in [0, 0.05) is 41.2 Å². The van der Waals surface area contributed by atoms with E-state index in [9.17, 15) is 9.59 Å². The molecule has 2 heterocycles. The molecule has 1 aromatic carbocycles. The Morgan fingerprint density at radius 1 is 1.27 bits per heavy atom. The van der Waals surface area contributed by atoms with Crippen LogP contribution in [0.5, 0.6) is 0 Å². The number of hydrogen-bond acceptors (Lipinski definition) is 5. The zero-order valence-electron chi connectivity index (χ0n) is 14.3. The number of carbonyl (C=O) groups is 2. The Kier molecular flexibility index (Phi) is 6.76. The lowest BCUT2D eigenvalue weighted by molar-refractivity contribution is -0.121. The number of carbonyl (C=O) groups excluding carboxylic acids is 2. The second-order valence-corrected chi connectivity index (χ2v) is 8.08. The number of nitrogens with zero attached hydrogens (tertiary/aromatic N) is 2. The summed E-state index contributed by atoms with van der Waals surface area (Å²) in [5, 5.41) is 8.25. The largest absolute Gasteiger partial charge is 0.326 e. The molecule has 2 aromatic rings. The van der Waals surface area contributed by atoms with Gasteiger partial charge in [-0.3, -0.25) is 9.59 Å². The van der Waals surface area contributed by atoms with E-state index < -0.39 is 0 Å². The van der Waals surface area contributed by atoms with Crippen molar-refractivity contribution in [3.63, 3.8) is 0 Å². The molecular formula is C18H21BrN4O2S. The van der Waals surface area contributed by atoms with Crippen LogP contribution in [0.1, 0.15) is 19.3 Å². The van der Waals surface area contributed by atoms with Crippen LogP contribution in [0.3, 0.4) is 0 Å². The van der Waals surface area contributed by atoms with Crippen LogP contribution in [-0.4, -0.2) is 41.3 Å². The van der Waals surface area contributed by atoms with Crippen LogP contribution >= 0.6 is 27.3 Å². The number of aromatic nitrogens is 1. The molecule has 0 saturated carbocycles. The molecule has 1 fully saturated rings. The first-order valence-electron chi connectivity index (χ1n) is 8.58. The molecule has 138 valence electrons. The zero-order valence-corrected chi connectivity index (χ0v) is 16.7. The molecule has 1 aliphatic rings. The lowest BCUT2D eigenvalue weighted by atomic mass is 9.97. The molecule has 1 aromatic heterocycles. The molecule has 0 bridgehead atoms. The van der Waals surface area contributed by atoms with Gasteiger partial charge in [-0.1, -0.05) is 15.9 Å². The van der Waals surface area contributed by atoms with Gasteiger partial charge >= 0.3 is 0 Å². The van der Waals surface area contributed by atoms with Gasteiger partial charge in [0.25, 0.3) is 0 Å². The minimum Gasteiger partial charge on any atom is -0.326 e. The predicted octanol–water partition coefficient (Wildman–Crippen LogP) is 3.58. The fraction of sp³-hybridized carbons (Fsp3) is 0.389. The molecule has 6 nitrogen and oxygen atoms in total. The van der Waals surface area contributed by atoms with Gasteiger partial charge < -0.3 is 15.5 Å². The fourth-order valence-corrected chi connectivity index (χ4v) is 3.78. The van der Waals surface area contributed by atoms with Crippen LogP contribution in [0.25, 0.3) is 0 Å². The average molecular weight is 437 g/mol. The Labute approximate surface area is 165 Å². The van der Waals surface area contributed by atoms with Gasteiger partial charge in [-0.05, 0) is 43.7 Å². The van der Waals surface area contributed by atoms with Crippen molar-refractivity contribution in [1.29, 1.82) is 0 Å². The quantitative estimate of drug-likeness (QED) is 0.725. The number of piperidine rings is 1. The number of anilines is 2. The van der Waals surface area contributed by atoms with Gasteiger partial charge in [-0.15, -0.1) is 11.3 Å². The summed E-state index contributed by atoms with van der Waals surface area (Å²) in [5.41, 5.74) is 0.789. The molecule has 3 rings (SSSR count). The van der Waals surface area contributed by atoms with E-state index in [4.69, 9.17) is 0 Å². The first-order chi connectivity index (χ1) is 12.6. The molecule has 0 radical (unpaired) electrons. The maximum absolute atomic E-state index is 12.4. The minimum absolute atomic E-state index is 0.0123. The summed E-state index contributed by atoms with van der Waals surface area (Å²) in [6.07, 6.45) is 3.93. The van der Waals surface area contributed by atoms with Crippen LogP contribution in [0.15, 0.2) is 40.3 Å². The number of thiazole rings is 1. The minimum atomic E-state index is -0.0535. The monoisotopic (exact) mass is 436 g/mol. The molecule has 1 unspecified atom stereocenters. The molecule has 26 heavy (non-hydrogen) atoms. The Balaban J connectivity index is 1.43. The Morgan fingerprint density at radius 3 is 2.81 bits per heavy atom. The zero-order chi connectivity index (χ0) is 18.4. The average Bonchev–Trinajstić information content (AvgIpc) is 3.15. The summed E-state index contributed by atoms with van der Waals surface area (Å²) in [7, 11) is 0. The molecule has 0 spiro atoms. The van der Waals surface area contributed by atoms with E-state index in [0.717, 1.165) is 29.5 Å². The third-order valence-corrected chi connectivity index (χ3v) is 5.54. The predicted molar refractivity (Wildman–Crippen MR) is 107 cm³/mol. The molecule has 1 aliphatic heterocycles. The second-order valence-electron chi connectivity index (χ2n) is 6.27. The molecular weight excluding hydrogens is 416 g/mol. The highest BCUT2D eigenvalue weighted by Crippen LogP contribution is 2.20. The number of benzene rings is 1. The Bertz CT molecular complexity index is 736. The summed E-state index contributed by atoms with van der Waals surface area (Å²) in [6, 6.07) is 7.52. The summed E-state index contributed by atoms with van der Waals surface area (Å²) >= 11 is 4.79. The molecule has 2 N–H and O–H groups in total. The van der Waals surface area contributed by atoms with E-state index in [1.807, 2.05) is 29.6 Å². The van der Waals surface area contributed by atoms with E-state index >= 15 is 0 Å². The topological polar surface area (TPSA) is 74.3 Å². The molecule has 0 aliphatic carbocycles. The molecule has 1 atom stereocenters. The number of halogens is 1. The normalized spacial score (nSPS) is 17.7. The molecule has 2 amide bonds. The highest BCUT2D eigenvalue weighted by atomic mass is 79.9. The number of likely N-dealkylation sites (tertiary alicyclic amines) is 1. The van der Waals surface area contributed by atoms with Crippen molar-refractivity contribution in [2.75, 3.05) is 30.3 Å². The van der Waals surface area contributed by atoms with Gasteiger partial charge in [-0.25, -0.2) is 4.98 Å². The molecule has 1 saturated heterocycles. The highest BCUT2D eigenvalue weighted by Gasteiger charge is 2.26. The third kappa shape index (κ3) is 5.62. The van der Waals surface area contributed by atoms with Crippen LogP contribution in [-0.2, 0) is 9.59 Å². The lowest BCUT2D eigenvalue weighted by Gasteiger charge is -2.31. The third-order valence-electron chi connectivity index (χ3n) is 4.32. The van der Waals surface area contributed by atoms with Gasteiger partial charge in [0.15, 0.2) is 5.13 Å². The van der Waals surface area contributed by atoms with Crippen molar-refractivity contribution in [3.8, 4) is 0 Å². The van der Waals surface area contributed by atoms with Gasteiger partial charge in [0.2, 0.25) is 11.8 Å². The van der Waals surface area contributed by atoms with E-state index in [1.54, 1.807) is 6.20 Å². The van der Waals surface area contributed by atoms with Gasteiger partial charge in [0.1, 0.15) is 0 Å². The van der Waals surface area contributed by atoms with E-state index in [1.165, 1.54) is 11.3 Å². The molecule has 8 heteroatoms. The Hall–Kier alpha value is -1.77. The van der Waals surface area contributed by atoms with Gasteiger partial charge in [0.05, 0.1) is 5.92 Å². The van der Waals surface area contributed by atoms with Crippen molar-refractivity contribution >= 4 is 49.9 Å². The van der Waals surface area contributed by atoms with Gasteiger partial charge in [-0.2, -0.15) is 0 Å². The van der Waals surface area contributed by atoms with Crippen molar-refractivity contribution in [2.24, 2.45) is 5.92 Å². The Morgan fingerprint density at radius 2 is 2.08 bits per heavy atom. The van der Waals surface area contributed by atoms with Crippen LogP contribution in [0.4, 0.5) is 10.8 Å². The number of amides is 2. The number of nitrogens with one attached hydrogen (secondary N) is 2. The summed E-state index contributed by atoms with van der Waals surface area (Å²) in [6.45, 7) is 2.26. The smallest absolute Gasteiger partial charge is 0.230 e. The van der Waals surface area contributed by atoms with E-state index in [-0.39, 0.29) is 17.7 Å². The SMILES string of the molecule is O=C(CCN1CCCC(C(=O)Nc2nccs2)C1)Nc1ccc(Br)cc1. The first kappa shape index (κ1) is 19.0.